The molecule has 2 fully saturated rings. The fourth-order valence-electron chi connectivity index (χ4n) is 4.85. The van der Waals surface area contributed by atoms with Gasteiger partial charge in [0.15, 0.2) is 5.82 Å². The van der Waals surface area contributed by atoms with Crippen molar-refractivity contribution in [2.75, 3.05) is 68.8 Å². The Kier molecular flexibility index (Phi) is 6.34. The van der Waals surface area contributed by atoms with Crippen LogP contribution >= 0.6 is 0 Å². The molecule has 0 aliphatic carbocycles. The highest BCUT2D eigenvalue weighted by molar-refractivity contribution is 5.63. The molecule has 0 saturated carbocycles. The van der Waals surface area contributed by atoms with Gasteiger partial charge in [0, 0.05) is 74.9 Å². The van der Waals surface area contributed by atoms with Gasteiger partial charge in [-0.25, -0.2) is 9.97 Å². The van der Waals surface area contributed by atoms with Gasteiger partial charge in [-0.15, -0.1) is 0 Å². The van der Waals surface area contributed by atoms with E-state index in [9.17, 15) is 0 Å². The summed E-state index contributed by atoms with van der Waals surface area (Å²) in [5, 5.41) is 0. The van der Waals surface area contributed by atoms with E-state index in [-0.39, 0.29) is 0 Å². The molecule has 7 heteroatoms. The maximum absolute atomic E-state index is 6.04. The molecule has 0 unspecified atom stereocenters. The van der Waals surface area contributed by atoms with Crippen LogP contribution in [0.15, 0.2) is 30.5 Å². The molecule has 0 amide bonds. The molecule has 1 aromatic carbocycles. The summed E-state index contributed by atoms with van der Waals surface area (Å²) in [6.45, 7) is 9.16. The lowest BCUT2D eigenvalue weighted by Gasteiger charge is -2.32. The molecule has 1 aromatic heterocycles. The van der Waals surface area contributed by atoms with Crippen LogP contribution in [0.25, 0.3) is 11.4 Å². The van der Waals surface area contributed by atoms with Crippen LogP contribution in [0.3, 0.4) is 0 Å². The van der Waals surface area contributed by atoms with Gasteiger partial charge >= 0.3 is 0 Å². The standard InChI is InChI=1S/C24H34N6O/c25-21-7-12-29(13-8-21)22-4-2-19(3-5-22)23-26-18-20-6-11-30(24(20)27-23)10-1-9-28-14-16-31-17-15-28/h2-5,18,21H,1,6-17,25H2. The molecule has 0 radical (unpaired) electrons. The molecule has 2 saturated heterocycles. The van der Waals surface area contributed by atoms with Gasteiger partial charge in [-0.3, -0.25) is 4.90 Å². The van der Waals surface area contributed by atoms with Crippen molar-refractivity contribution in [1.29, 1.82) is 0 Å². The number of hydrogen-bond acceptors (Lipinski definition) is 7. The van der Waals surface area contributed by atoms with Crippen LogP contribution in [0, 0.1) is 0 Å². The summed E-state index contributed by atoms with van der Waals surface area (Å²) in [6.07, 6.45) is 6.36. The Balaban J connectivity index is 1.22. The van der Waals surface area contributed by atoms with E-state index in [1.807, 2.05) is 6.20 Å². The lowest BCUT2D eigenvalue weighted by atomic mass is 10.0. The zero-order valence-electron chi connectivity index (χ0n) is 18.4. The Morgan fingerprint density at radius 2 is 1.74 bits per heavy atom. The quantitative estimate of drug-likeness (QED) is 0.765. The smallest absolute Gasteiger partial charge is 0.161 e. The van der Waals surface area contributed by atoms with E-state index in [2.05, 4.69) is 43.9 Å². The van der Waals surface area contributed by atoms with Crippen LogP contribution in [-0.2, 0) is 11.2 Å². The van der Waals surface area contributed by atoms with Crippen molar-refractivity contribution in [3.63, 3.8) is 0 Å². The molecule has 166 valence electrons. The van der Waals surface area contributed by atoms with Crippen molar-refractivity contribution >= 4 is 11.5 Å². The van der Waals surface area contributed by atoms with Crippen LogP contribution in [0.5, 0.6) is 0 Å². The molecule has 4 heterocycles. The summed E-state index contributed by atoms with van der Waals surface area (Å²) < 4.78 is 5.45. The van der Waals surface area contributed by atoms with Gasteiger partial charge < -0.3 is 20.3 Å². The van der Waals surface area contributed by atoms with Crippen molar-refractivity contribution in [3.8, 4) is 11.4 Å². The molecule has 3 aliphatic rings. The first-order chi connectivity index (χ1) is 15.3. The molecule has 2 aromatic rings. The maximum Gasteiger partial charge on any atom is 0.161 e. The van der Waals surface area contributed by atoms with Gasteiger partial charge in [0.25, 0.3) is 0 Å². The van der Waals surface area contributed by atoms with Crippen LogP contribution in [0.2, 0.25) is 0 Å². The summed E-state index contributed by atoms with van der Waals surface area (Å²) in [5.74, 6) is 1.95. The zero-order valence-corrected chi connectivity index (χ0v) is 18.4. The predicted octanol–water partition coefficient (Wildman–Crippen LogP) is 2.16. The first-order valence-corrected chi connectivity index (χ1v) is 11.8. The molecular formula is C24H34N6O. The van der Waals surface area contributed by atoms with Gasteiger partial charge in [-0.2, -0.15) is 0 Å². The van der Waals surface area contributed by atoms with Crippen molar-refractivity contribution in [2.45, 2.75) is 31.7 Å². The zero-order chi connectivity index (χ0) is 21.0. The first-order valence-electron chi connectivity index (χ1n) is 11.8. The predicted molar refractivity (Wildman–Crippen MR) is 125 cm³/mol. The average Bonchev–Trinajstić information content (AvgIpc) is 3.23. The molecule has 0 bridgehead atoms. The summed E-state index contributed by atoms with van der Waals surface area (Å²) >= 11 is 0. The fourth-order valence-corrected chi connectivity index (χ4v) is 4.85. The summed E-state index contributed by atoms with van der Waals surface area (Å²) in [4.78, 5) is 17.0. The molecule has 0 atom stereocenters. The topological polar surface area (TPSA) is 70.8 Å². The number of piperidine rings is 1. The number of fused-ring (bicyclic) bond motifs is 1. The van der Waals surface area contributed by atoms with Crippen LogP contribution in [0.1, 0.15) is 24.8 Å². The molecule has 0 spiro atoms. The van der Waals surface area contributed by atoms with Crippen molar-refractivity contribution < 1.29 is 4.74 Å². The minimum absolute atomic E-state index is 0.354. The second-order valence-corrected chi connectivity index (χ2v) is 8.96. The van der Waals surface area contributed by atoms with E-state index < -0.39 is 0 Å². The highest BCUT2D eigenvalue weighted by Gasteiger charge is 2.22. The van der Waals surface area contributed by atoms with Crippen LogP contribution < -0.4 is 15.5 Å². The normalized spacial score (nSPS) is 20.3. The minimum atomic E-state index is 0.354. The molecule has 2 N–H and O–H groups in total. The lowest BCUT2D eigenvalue weighted by molar-refractivity contribution is 0.0376. The number of hydrogen-bond donors (Lipinski definition) is 1. The van der Waals surface area contributed by atoms with Gasteiger partial charge in [-0.05, 0) is 49.9 Å². The van der Waals surface area contributed by atoms with Crippen LogP contribution in [-0.4, -0.2) is 79.9 Å². The van der Waals surface area contributed by atoms with E-state index in [0.717, 1.165) is 102 Å². The highest BCUT2D eigenvalue weighted by Crippen LogP contribution is 2.29. The van der Waals surface area contributed by atoms with Gasteiger partial charge in [0.1, 0.15) is 5.82 Å². The molecule has 3 aliphatic heterocycles. The largest absolute Gasteiger partial charge is 0.379 e. The summed E-state index contributed by atoms with van der Waals surface area (Å²) in [7, 11) is 0. The van der Waals surface area contributed by atoms with E-state index in [4.69, 9.17) is 15.5 Å². The number of anilines is 2. The Hall–Kier alpha value is -2.22. The monoisotopic (exact) mass is 422 g/mol. The second-order valence-electron chi connectivity index (χ2n) is 8.96. The van der Waals surface area contributed by atoms with E-state index >= 15 is 0 Å². The Labute approximate surface area is 185 Å². The Morgan fingerprint density at radius 1 is 0.968 bits per heavy atom. The third-order valence-corrected chi connectivity index (χ3v) is 6.83. The fraction of sp³-hybridized carbons (Fsp3) is 0.583. The third kappa shape index (κ3) is 4.84. The van der Waals surface area contributed by atoms with Gasteiger partial charge in [-0.1, -0.05) is 0 Å². The lowest BCUT2D eigenvalue weighted by Crippen LogP contribution is -2.39. The van der Waals surface area contributed by atoms with Crippen LogP contribution in [0.4, 0.5) is 11.5 Å². The molecule has 31 heavy (non-hydrogen) atoms. The van der Waals surface area contributed by atoms with Crippen molar-refractivity contribution in [3.05, 3.63) is 36.0 Å². The SMILES string of the molecule is NC1CCN(c2ccc(-c3ncc4c(n3)N(CCCN3CCOCC3)CC4)cc2)CC1. The van der Waals surface area contributed by atoms with Gasteiger partial charge in [0.05, 0.1) is 13.2 Å². The Bertz CT molecular complexity index is 859. The van der Waals surface area contributed by atoms with Crippen molar-refractivity contribution in [1.82, 2.24) is 14.9 Å². The maximum atomic E-state index is 6.04. The van der Waals surface area contributed by atoms with E-state index in [1.165, 1.54) is 11.3 Å². The number of rotatable bonds is 6. The molecule has 5 rings (SSSR count). The van der Waals surface area contributed by atoms with Gasteiger partial charge in [0.2, 0.25) is 0 Å². The van der Waals surface area contributed by atoms with Crippen molar-refractivity contribution in [2.24, 2.45) is 5.73 Å². The number of morpholine rings is 1. The van der Waals surface area contributed by atoms with E-state index in [1.54, 1.807) is 0 Å². The molecule has 7 nitrogen and oxygen atoms in total. The average molecular weight is 423 g/mol. The number of benzene rings is 1. The minimum Gasteiger partial charge on any atom is -0.379 e. The van der Waals surface area contributed by atoms with E-state index in [0.29, 0.717) is 6.04 Å². The third-order valence-electron chi connectivity index (χ3n) is 6.83. The number of nitrogens with two attached hydrogens (primary N) is 1. The number of aromatic nitrogens is 2. The highest BCUT2D eigenvalue weighted by atomic mass is 16.5. The summed E-state index contributed by atoms with van der Waals surface area (Å²) in [5.41, 5.74) is 9.67. The Morgan fingerprint density at radius 3 is 2.52 bits per heavy atom. The molecular weight excluding hydrogens is 388 g/mol. The number of nitrogens with zero attached hydrogens (tertiary/aromatic N) is 5. The number of ether oxygens (including phenoxy) is 1. The first kappa shape index (κ1) is 20.7. The second kappa shape index (κ2) is 9.51. The summed E-state index contributed by atoms with van der Waals surface area (Å²) in [6, 6.07) is 9.06.